The van der Waals surface area contributed by atoms with Gasteiger partial charge in [-0.15, -0.1) is 0 Å². The van der Waals surface area contributed by atoms with Crippen LogP contribution in [0.2, 0.25) is 0 Å². The highest BCUT2D eigenvalue weighted by molar-refractivity contribution is 7.93. The molecule has 2 aliphatic rings. The van der Waals surface area contributed by atoms with Crippen molar-refractivity contribution in [2.45, 2.75) is 6.42 Å². The molecule has 0 aromatic heterocycles. The lowest BCUT2D eigenvalue weighted by molar-refractivity contribution is 0.0747. The van der Waals surface area contributed by atoms with Gasteiger partial charge in [0.25, 0.3) is 5.91 Å². The molecule has 2 aromatic rings. The quantitative estimate of drug-likeness (QED) is 0.789. The maximum absolute atomic E-state index is 13.1. The third kappa shape index (κ3) is 3.69. The summed E-state index contributed by atoms with van der Waals surface area (Å²) in [5, 5.41) is 0. The van der Waals surface area contributed by atoms with E-state index >= 15 is 0 Å². The van der Waals surface area contributed by atoms with Crippen molar-refractivity contribution in [3.63, 3.8) is 0 Å². The molecule has 0 spiro atoms. The molecule has 8 heteroatoms. The van der Waals surface area contributed by atoms with Crippen LogP contribution in [0.5, 0.6) is 0 Å². The van der Waals surface area contributed by atoms with E-state index in [0.717, 1.165) is 5.69 Å². The molecule has 4 rings (SSSR count). The maximum atomic E-state index is 13.1. The van der Waals surface area contributed by atoms with Crippen LogP contribution < -0.4 is 9.21 Å². The summed E-state index contributed by atoms with van der Waals surface area (Å²) in [6.45, 7) is 2.90. The van der Waals surface area contributed by atoms with Gasteiger partial charge in [-0.2, -0.15) is 0 Å². The molecule has 2 aliphatic heterocycles. The zero-order valence-electron chi connectivity index (χ0n) is 15.4. The first-order valence-corrected chi connectivity index (χ1v) is 11.0. The van der Waals surface area contributed by atoms with Crippen molar-refractivity contribution in [1.29, 1.82) is 0 Å². The maximum Gasteiger partial charge on any atom is 0.254 e. The Bertz CT molecular complexity index is 970. The van der Waals surface area contributed by atoms with Crippen LogP contribution in [-0.2, 0) is 10.0 Å². The van der Waals surface area contributed by atoms with E-state index in [9.17, 15) is 17.6 Å². The van der Waals surface area contributed by atoms with Gasteiger partial charge >= 0.3 is 0 Å². The number of rotatable bonds is 3. The molecule has 0 aliphatic carbocycles. The average Bonchev–Trinajstić information content (AvgIpc) is 3.07. The van der Waals surface area contributed by atoms with Crippen LogP contribution in [0, 0.1) is 5.82 Å². The number of carbonyl (C=O) groups is 1. The van der Waals surface area contributed by atoms with E-state index in [0.29, 0.717) is 50.4 Å². The molecule has 1 amide bonds. The van der Waals surface area contributed by atoms with Crippen LogP contribution in [0.25, 0.3) is 0 Å². The minimum atomic E-state index is -3.27. The van der Waals surface area contributed by atoms with Crippen LogP contribution in [0.3, 0.4) is 0 Å². The van der Waals surface area contributed by atoms with Crippen molar-refractivity contribution in [3.05, 3.63) is 59.9 Å². The molecule has 28 heavy (non-hydrogen) atoms. The molecule has 0 unspecified atom stereocenters. The number of piperazine rings is 1. The molecule has 2 aromatic carbocycles. The zero-order chi connectivity index (χ0) is 19.7. The first-order valence-electron chi connectivity index (χ1n) is 9.34. The highest BCUT2D eigenvalue weighted by Crippen LogP contribution is 2.25. The topological polar surface area (TPSA) is 60.9 Å². The second kappa shape index (κ2) is 7.43. The summed E-state index contributed by atoms with van der Waals surface area (Å²) in [6, 6.07) is 13.2. The lowest BCUT2D eigenvalue weighted by Crippen LogP contribution is -2.48. The Morgan fingerprint density at radius 3 is 2.25 bits per heavy atom. The standard InChI is InChI=1S/C20H22FN3O3S/c21-17-5-7-18(8-6-17)22-10-12-23(13-11-22)20(25)16-3-1-4-19(15-16)24-9-2-14-28(24,26)27/h1,3-8,15H,2,9-14H2. The Balaban J connectivity index is 1.44. The molecule has 0 bridgehead atoms. The van der Waals surface area contributed by atoms with Crippen LogP contribution in [-0.4, -0.2) is 57.7 Å². The van der Waals surface area contributed by atoms with Crippen molar-refractivity contribution in [2.24, 2.45) is 0 Å². The van der Waals surface area contributed by atoms with E-state index in [1.165, 1.54) is 16.4 Å². The molecular weight excluding hydrogens is 381 g/mol. The summed E-state index contributed by atoms with van der Waals surface area (Å²) in [5.41, 5.74) is 1.98. The van der Waals surface area contributed by atoms with Gasteiger partial charge in [-0.3, -0.25) is 9.10 Å². The van der Waals surface area contributed by atoms with Crippen LogP contribution in [0.4, 0.5) is 15.8 Å². The molecule has 0 saturated carbocycles. The molecular formula is C20H22FN3O3S. The van der Waals surface area contributed by atoms with Gasteiger partial charge in [-0.05, 0) is 48.9 Å². The highest BCUT2D eigenvalue weighted by Gasteiger charge is 2.29. The fourth-order valence-electron chi connectivity index (χ4n) is 3.73. The number of anilines is 2. The van der Waals surface area contributed by atoms with Gasteiger partial charge < -0.3 is 9.80 Å². The van der Waals surface area contributed by atoms with Gasteiger partial charge in [-0.1, -0.05) is 6.07 Å². The Labute approximate surface area is 164 Å². The zero-order valence-corrected chi connectivity index (χ0v) is 16.2. The Morgan fingerprint density at radius 1 is 0.893 bits per heavy atom. The number of carbonyl (C=O) groups excluding carboxylic acids is 1. The predicted octanol–water partition coefficient (Wildman–Crippen LogP) is 2.33. The summed E-state index contributed by atoms with van der Waals surface area (Å²) < 4.78 is 38.8. The fraction of sp³-hybridized carbons (Fsp3) is 0.350. The third-order valence-electron chi connectivity index (χ3n) is 5.24. The van der Waals surface area contributed by atoms with Gasteiger partial charge in [0.2, 0.25) is 10.0 Å². The SMILES string of the molecule is O=C(c1cccc(N2CCCS2(=O)=O)c1)N1CCN(c2ccc(F)cc2)CC1. The van der Waals surface area contributed by atoms with E-state index in [4.69, 9.17) is 0 Å². The monoisotopic (exact) mass is 403 g/mol. The van der Waals surface area contributed by atoms with E-state index in [2.05, 4.69) is 4.90 Å². The lowest BCUT2D eigenvalue weighted by atomic mass is 10.1. The Morgan fingerprint density at radius 2 is 1.61 bits per heavy atom. The van der Waals surface area contributed by atoms with Gasteiger partial charge in [0.05, 0.1) is 11.4 Å². The molecule has 2 fully saturated rings. The minimum Gasteiger partial charge on any atom is -0.368 e. The third-order valence-corrected chi connectivity index (χ3v) is 7.11. The molecule has 0 atom stereocenters. The van der Waals surface area contributed by atoms with Crippen LogP contribution >= 0.6 is 0 Å². The smallest absolute Gasteiger partial charge is 0.254 e. The number of benzene rings is 2. The molecule has 2 saturated heterocycles. The summed E-state index contributed by atoms with van der Waals surface area (Å²) in [7, 11) is -3.27. The molecule has 148 valence electrons. The second-order valence-electron chi connectivity index (χ2n) is 7.05. The molecule has 0 radical (unpaired) electrons. The number of hydrogen-bond acceptors (Lipinski definition) is 4. The molecule has 2 heterocycles. The van der Waals surface area contributed by atoms with E-state index in [1.54, 1.807) is 41.3 Å². The highest BCUT2D eigenvalue weighted by atomic mass is 32.2. The minimum absolute atomic E-state index is 0.0998. The summed E-state index contributed by atoms with van der Waals surface area (Å²) in [4.78, 5) is 16.8. The number of sulfonamides is 1. The van der Waals surface area contributed by atoms with E-state index in [1.807, 2.05) is 0 Å². The number of halogens is 1. The van der Waals surface area contributed by atoms with Crippen molar-refractivity contribution in [1.82, 2.24) is 4.90 Å². The molecule has 0 N–H and O–H groups in total. The Kier molecular flexibility index (Phi) is 4.97. The molecule has 6 nitrogen and oxygen atoms in total. The largest absolute Gasteiger partial charge is 0.368 e. The van der Waals surface area contributed by atoms with Crippen LogP contribution in [0.15, 0.2) is 48.5 Å². The number of hydrogen-bond donors (Lipinski definition) is 0. The Hall–Kier alpha value is -2.61. The second-order valence-corrected chi connectivity index (χ2v) is 9.06. The first kappa shape index (κ1) is 18.7. The summed E-state index contributed by atoms with van der Waals surface area (Å²) >= 11 is 0. The number of amides is 1. The van der Waals surface area contributed by atoms with Gasteiger partial charge in [0.15, 0.2) is 0 Å². The number of nitrogens with zero attached hydrogens (tertiary/aromatic N) is 3. The van der Waals surface area contributed by atoms with Crippen molar-refractivity contribution in [3.8, 4) is 0 Å². The van der Waals surface area contributed by atoms with Crippen molar-refractivity contribution in [2.75, 3.05) is 47.7 Å². The lowest BCUT2D eigenvalue weighted by Gasteiger charge is -2.36. The summed E-state index contributed by atoms with van der Waals surface area (Å²) in [5.74, 6) is -0.217. The average molecular weight is 403 g/mol. The van der Waals surface area contributed by atoms with Crippen molar-refractivity contribution < 1.29 is 17.6 Å². The predicted molar refractivity (Wildman–Crippen MR) is 107 cm³/mol. The van der Waals surface area contributed by atoms with Gasteiger partial charge in [0.1, 0.15) is 5.82 Å². The van der Waals surface area contributed by atoms with Gasteiger partial charge in [0, 0.05) is 44.0 Å². The summed E-state index contributed by atoms with van der Waals surface area (Å²) in [6.07, 6.45) is 0.603. The van der Waals surface area contributed by atoms with E-state index in [-0.39, 0.29) is 17.5 Å². The van der Waals surface area contributed by atoms with Crippen LogP contribution in [0.1, 0.15) is 16.8 Å². The van der Waals surface area contributed by atoms with Gasteiger partial charge in [-0.25, -0.2) is 12.8 Å². The normalized spacial score (nSPS) is 19.1. The van der Waals surface area contributed by atoms with Crippen molar-refractivity contribution >= 4 is 27.3 Å². The fourth-order valence-corrected chi connectivity index (χ4v) is 5.28. The first-order chi connectivity index (χ1) is 13.4. The van der Waals surface area contributed by atoms with E-state index < -0.39 is 10.0 Å².